The molecule has 0 saturated heterocycles. The Hall–Kier alpha value is -3.94. The van der Waals surface area contributed by atoms with E-state index in [1.807, 2.05) is 0 Å². The number of carboxylic acids is 1. The van der Waals surface area contributed by atoms with E-state index in [2.05, 4.69) is 4.74 Å². The highest BCUT2D eigenvalue weighted by Crippen LogP contribution is 2.52. The van der Waals surface area contributed by atoms with Gasteiger partial charge in [0, 0.05) is 12.0 Å². The largest absolute Gasteiger partial charge is 0.486 e. The van der Waals surface area contributed by atoms with Gasteiger partial charge in [0.1, 0.15) is 23.4 Å². The number of halogens is 6. The van der Waals surface area contributed by atoms with E-state index in [1.54, 1.807) is 6.92 Å². The number of sulfonamides is 1. The number of aliphatic carboxylic acids is 1. The second-order valence-corrected chi connectivity index (χ2v) is 11.6. The highest BCUT2D eigenvalue weighted by atomic mass is 32.2. The molecule has 41 heavy (non-hydrogen) atoms. The zero-order valence-electron chi connectivity index (χ0n) is 21.0. The van der Waals surface area contributed by atoms with Crippen molar-refractivity contribution in [3.63, 3.8) is 0 Å². The number of alkyl halides is 5. The summed E-state index contributed by atoms with van der Waals surface area (Å²) in [6, 6.07) is 10.0. The second kappa shape index (κ2) is 10.2. The van der Waals surface area contributed by atoms with E-state index in [-0.39, 0.29) is 28.5 Å². The van der Waals surface area contributed by atoms with Crippen LogP contribution in [0.2, 0.25) is 0 Å². The third-order valence-electron chi connectivity index (χ3n) is 7.19. The molecule has 0 spiro atoms. The van der Waals surface area contributed by atoms with E-state index in [4.69, 9.17) is 4.74 Å². The van der Waals surface area contributed by atoms with E-state index in [9.17, 15) is 44.7 Å². The maximum Gasteiger partial charge on any atom is 0.416 e. The standard InChI is InChI=1S/C27H21F6NO6S/c1-13-23(24(13)25(35)36)22-12-34(41(37,38)19-4-2-3-16(10-19)27(31,32)33)20-9-14(5-6-21(20)40-22)15-7-17(28)11-18(8-15)39-26(29)30/h2-11,13,22-24,26H,12H2,1H3,(H,35,36). The van der Waals surface area contributed by atoms with Crippen LogP contribution in [0.25, 0.3) is 11.1 Å². The molecule has 0 radical (unpaired) electrons. The highest BCUT2D eigenvalue weighted by molar-refractivity contribution is 7.92. The van der Waals surface area contributed by atoms with E-state index >= 15 is 0 Å². The summed E-state index contributed by atoms with van der Waals surface area (Å²) in [5.41, 5.74) is -1.09. The van der Waals surface area contributed by atoms with Crippen LogP contribution in [0.3, 0.4) is 0 Å². The van der Waals surface area contributed by atoms with Crippen molar-refractivity contribution in [3.05, 3.63) is 72.0 Å². The molecule has 0 bridgehead atoms. The smallest absolute Gasteiger partial charge is 0.416 e. The summed E-state index contributed by atoms with van der Waals surface area (Å²) in [5.74, 6) is -4.23. The molecule has 0 amide bonds. The molecule has 1 N–H and O–H groups in total. The Balaban J connectivity index is 1.61. The van der Waals surface area contributed by atoms with Gasteiger partial charge in [-0.25, -0.2) is 12.8 Å². The van der Waals surface area contributed by atoms with Gasteiger partial charge in [0.15, 0.2) is 0 Å². The minimum absolute atomic E-state index is 0.00996. The fraction of sp³-hybridized carbons (Fsp3) is 0.296. The molecule has 1 saturated carbocycles. The molecule has 0 aromatic heterocycles. The molecule has 4 unspecified atom stereocenters. The van der Waals surface area contributed by atoms with Crippen LogP contribution in [0.4, 0.5) is 32.0 Å². The normalized spacial score (nSPS) is 22.2. The summed E-state index contributed by atoms with van der Waals surface area (Å²) >= 11 is 0. The van der Waals surface area contributed by atoms with Gasteiger partial charge in [0.25, 0.3) is 10.0 Å². The number of carboxylic acid groups (broad SMARTS) is 1. The lowest BCUT2D eigenvalue weighted by atomic mass is 10.0. The van der Waals surface area contributed by atoms with Crippen LogP contribution in [0.5, 0.6) is 11.5 Å². The first-order valence-electron chi connectivity index (χ1n) is 12.2. The van der Waals surface area contributed by atoms with Gasteiger partial charge in [-0.2, -0.15) is 22.0 Å². The van der Waals surface area contributed by atoms with Crippen molar-refractivity contribution in [3.8, 4) is 22.6 Å². The number of carbonyl (C=O) groups is 1. The number of rotatable bonds is 7. The van der Waals surface area contributed by atoms with Gasteiger partial charge in [-0.1, -0.05) is 19.1 Å². The highest BCUT2D eigenvalue weighted by Gasteiger charge is 2.58. The summed E-state index contributed by atoms with van der Waals surface area (Å²) in [6.07, 6.45) is -5.76. The van der Waals surface area contributed by atoms with Gasteiger partial charge in [-0.15, -0.1) is 0 Å². The third-order valence-corrected chi connectivity index (χ3v) is 8.97. The molecule has 5 rings (SSSR count). The van der Waals surface area contributed by atoms with E-state index in [1.165, 1.54) is 18.2 Å². The minimum atomic E-state index is -4.82. The summed E-state index contributed by atoms with van der Waals surface area (Å²) < 4.78 is 119. The maximum atomic E-state index is 14.2. The number of hydrogen-bond acceptors (Lipinski definition) is 5. The van der Waals surface area contributed by atoms with Crippen molar-refractivity contribution in [2.45, 2.75) is 30.7 Å². The van der Waals surface area contributed by atoms with Crippen LogP contribution in [0, 0.1) is 23.6 Å². The summed E-state index contributed by atoms with van der Waals surface area (Å²) in [7, 11) is -4.68. The lowest BCUT2D eigenvalue weighted by Gasteiger charge is -2.36. The molecular formula is C27H21F6NO6S. The number of fused-ring (bicyclic) bond motifs is 1. The van der Waals surface area contributed by atoms with Crippen molar-refractivity contribution >= 4 is 21.7 Å². The molecule has 4 atom stereocenters. The molecule has 1 heterocycles. The number of benzene rings is 3. The Morgan fingerprint density at radius 3 is 2.44 bits per heavy atom. The molecule has 2 aliphatic rings. The van der Waals surface area contributed by atoms with Crippen molar-refractivity contribution < 1.29 is 54.1 Å². The minimum Gasteiger partial charge on any atom is -0.486 e. The van der Waals surface area contributed by atoms with Crippen LogP contribution in [-0.4, -0.2) is 38.8 Å². The van der Waals surface area contributed by atoms with Gasteiger partial charge >= 0.3 is 18.8 Å². The second-order valence-electron chi connectivity index (χ2n) is 9.76. The van der Waals surface area contributed by atoms with Gasteiger partial charge in [0.2, 0.25) is 0 Å². The molecule has 1 aliphatic heterocycles. The Morgan fingerprint density at radius 1 is 1.07 bits per heavy atom. The van der Waals surface area contributed by atoms with Crippen molar-refractivity contribution in [2.75, 3.05) is 10.8 Å². The van der Waals surface area contributed by atoms with E-state index in [0.717, 1.165) is 40.7 Å². The van der Waals surface area contributed by atoms with Crippen LogP contribution < -0.4 is 13.8 Å². The molecule has 3 aromatic carbocycles. The third kappa shape index (κ3) is 5.52. The van der Waals surface area contributed by atoms with Crippen molar-refractivity contribution in [1.82, 2.24) is 0 Å². The molecule has 3 aromatic rings. The van der Waals surface area contributed by atoms with Crippen LogP contribution >= 0.6 is 0 Å². The summed E-state index contributed by atoms with van der Waals surface area (Å²) in [5, 5.41) is 9.51. The van der Waals surface area contributed by atoms with Gasteiger partial charge in [0.05, 0.1) is 28.6 Å². The zero-order chi connectivity index (χ0) is 29.9. The number of anilines is 1. The van der Waals surface area contributed by atoms with Crippen molar-refractivity contribution in [2.24, 2.45) is 17.8 Å². The monoisotopic (exact) mass is 601 g/mol. The predicted octanol–water partition coefficient (Wildman–Crippen LogP) is 6.04. The number of hydrogen-bond donors (Lipinski definition) is 1. The van der Waals surface area contributed by atoms with Crippen LogP contribution in [-0.2, 0) is 21.0 Å². The average Bonchev–Trinajstić information content (AvgIpc) is 3.57. The Bertz CT molecular complexity index is 1610. The molecule has 218 valence electrons. The van der Waals surface area contributed by atoms with Gasteiger partial charge in [-0.05, 0) is 59.5 Å². The quantitative estimate of drug-likeness (QED) is 0.332. The molecular weight excluding hydrogens is 580 g/mol. The fourth-order valence-corrected chi connectivity index (χ4v) is 6.72. The average molecular weight is 602 g/mol. The molecule has 1 aliphatic carbocycles. The van der Waals surface area contributed by atoms with Gasteiger partial charge in [-0.3, -0.25) is 9.10 Å². The zero-order valence-corrected chi connectivity index (χ0v) is 21.8. The van der Waals surface area contributed by atoms with Crippen LogP contribution in [0.1, 0.15) is 12.5 Å². The fourth-order valence-electron chi connectivity index (χ4n) is 5.19. The molecule has 14 heteroatoms. The summed E-state index contributed by atoms with van der Waals surface area (Å²) in [4.78, 5) is 11.0. The molecule has 1 fully saturated rings. The van der Waals surface area contributed by atoms with Crippen molar-refractivity contribution in [1.29, 1.82) is 0 Å². The number of nitrogens with zero attached hydrogens (tertiary/aromatic N) is 1. The van der Waals surface area contributed by atoms with E-state index < -0.39 is 75.3 Å². The lowest BCUT2D eigenvalue weighted by Crippen LogP contribution is -2.45. The first-order chi connectivity index (χ1) is 19.2. The van der Waals surface area contributed by atoms with E-state index in [0.29, 0.717) is 6.07 Å². The first-order valence-corrected chi connectivity index (χ1v) is 13.6. The predicted molar refractivity (Wildman–Crippen MR) is 133 cm³/mol. The topological polar surface area (TPSA) is 93.1 Å². The lowest BCUT2D eigenvalue weighted by molar-refractivity contribution is -0.139. The Labute approximate surface area is 230 Å². The first kappa shape index (κ1) is 28.6. The van der Waals surface area contributed by atoms with Gasteiger partial charge < -0.3 is 14.6 Å². The maximum absolute atomic E-state index is 14.2. The summed E-state index contributed by atoms with van der Waals surface area (Å²) in [6.45, 7) is -1.98. The number of ether oxygens (including phenoxy) is 2. The Kier molecular flexibility index (Phi) is 7.08. The SMILES string of the molecule is CC1C(C(=O)O)C1C1CN(S(=O)(=O)c2cccc(C(F)(F)F)c2)c2cc(-c3cc(F)cc(OC(F)F)c3)ccc2O1. The molecule has 7 nitrogen and oxygen atoms in total. The van der Waals surface area contributed by atoms with Crippen LogP contribution in [0.15, 0.2) is 65.6 Å². The Morgan fingerprint density at radius 2 is 1.80 bits per heavy atom.